The van der Waals surface area contributed by atoms with Gasteiger partial charge in [0.1, 0.15) is 31.3 Å². The molecule has 138 valence electrons. The first kappa shape index (κ1) is 19.0. The maximum atomic E-state index is 12.7. The second-order valence-corrected chi connectivity index (χ2v) is 4.96. The lowest BCUT2D eigenvalue weighted by Crippen LogP contribution is -2.39. The van der Waals surface area contributed by atoms with E-state index >= 15 is 0 Å². The molecule has 2 aromatic rings. The van der Waals surface area contributed by atoms with E-state index in [4.69, 9.17) is 13.9 Å². The molecule has 0 saturated carbocycles. The highest BCUT2D eigenvalue weighted by molar-refractivity contribution is 5.94. The maximum absolute atomic E-state index is 12.7. The van der Waals surface area contributed by atoms with Crippen LogP contribution in [0.5, 0.6) is 5.75 Å². The third kappa shape index (κ3) is 6.63. The summed E-state index contributed by atoms with van der Waals surface area (Å²) in [5.74, 6) is -1.59. The molecule has 0 atom stereocenters. The Morgan fingerprint density at radius 1 is 1.00 bits per heavy atom. The molecule has 0 aliphatic rings. The van der Waals surface area contributed by atoms with Gasteiger partial charge in [0.25, 0.3) is 5.91 Å². The Hall–Kier alpha value is -3.36. The number of ether oxygens (including phenoxy) is 2. The molecule has 1 heterocycles. The van der Waals surface area contributed by atoms with E-state index in [-0.39, 0.29) is 37.9 Å². The number of furan rings is 1. The topological polar surface area (TPSA) is 107 Å². The van der Waals surface area contributed by atoms with Crippen molar-refractivity contribution in [2.24, 2.45) is 0 Å². The molecule has 26 heavy (non-hydrogen) atoms. The molecule has 1 aromatic carbocycles. The monoisotopic (exact) mass is 364 g/mol. The van der Waals surface area contributed by atoms with Crippen LogP contribution in [0.25, 0.3) is 0 Å². The number of amides is 2. The molecule has 1 aromatic heterocycles. The van der Waals surface area contributed by atoms with E-state index in [0.717, 1.165) is 0 Å². The molecule has 0 saturated heterocycles. The van der Waals surface area contributed by atoms with Crippen molar-refractivity contribution in [2.45, 2.75) is 0 Å². The van der Waals surface area contributed by atoms with Crippen LogP contribution in [-0.2, 0) is 14.3 Å². The van der Waals surface area contributed by atoms with Gasteiger partial charge in [0.05, 0.1) is 12.8 Å². The van der Waals surface area contributed by atoms with E-state index in [1.807, 2.05) is 0 Å². The second kappa shape index (κ2) is 9.82. The summed E-state index contributed by atoms with van der Waals surface area (Å²) >= 11 is 0. The van der Waals surface area contributed by atoms with E-state index in [0.29, 0.717) is 5.75 Å². The number of rotatable bonds is 9. The van der Waals surface area contributed by atoms with Crippen LogP contribution in [0.1, 0.15) is 10.6 Å². The van der Waals surface area contributed by atoms with Gasteiger partial charge in [0.15, 0.2) is 5.76 Å². The highest BCUT2D eigenvalue weighted by atomic mass is 19.1. The summed E-state index contributed by atoms with van der Waals surface area (Å²) in [5.41, 5.74) is 0. The Balaban J connectivity index is 1.54. The van der Waals surface area contributed by atoms with Gasteiger partial charge in [0.2, 0.25) is 5.91 Å². The van der Waals surface area contributed by atoms with Gasteiger partial charge < -0.3 is 24.5 Å². The molecule has 0 aliphatic heterocycles. The van der Waals surface area contributed by atoms with Crippen molar-refractivity contribution in [2.75, 3.05) is 26.3 Å². The van der Waals surface area contributed by atoms with Crippen LogP contribution in [0.2, 0.25) is 0 Å². The minimum Gasteiger partial charge on any atom is -0.490 e. The number of benzene rings is 1. The fourth-order valence-corrected chi connectivity index (χ4v) is 1.79. The standard InChI is InChI=1S/C17H17FN2O6/c18-12-3-5-13(6-4-12)24-8-9-26-16(22)11-19-15(21)10-20-17(23)14-2-1-7-25-14/h1-7H,8-11H2,(H,19,21)(H,20,23). The third-order valence-corrected chi connectivity index (χ3v) is 3.01. The number of hydrogen-bond donors (Lipinski definition) is 2. The minimum absolute atomic E-state index is 0.0265. The first-order valence-corrected chi connectivity index (χ1v) is 7.67. The molecule has 9 heteroatoms. The zero-order valence-corrected chi connectivity index (χ0v) is 13.7. The molecule has 0 unspecified atom stereocenters. The van der Waals surface area contributed by atoms with Gasteiger partial charge in [-0.2, -0.15) is 0 Å². The summed E-state index contributed by atoms with van der Waals surface area (Å²) < 4.78 is 27.7. The number of halogens is 1. The van der Waals surface area contributed by atoms with Gasteiger partial charge in [-0.25, -0.2) is 4.39 Å². The van der Waals surface area contributed by atoms with Crippen LogP contribution in [0.3, 0.4) is 0 Å². The van der Waals surface area contributed by atoms with Crippen molar-refractivity contribution < 1.29 is 32.7 Å². The maximum Gasteiger partial charge on any atom is 0.325 e. The Kier molecular flexibility index (Phi) is 7.17. The number of carbonyl (C=O) groups excluding carboxylic acids is 3. The van der Waals surface area contributed by atoms with Gasteiger partial charge in [-0.1, -0.05) is 0 Å². The van der Waals surface area contributed by atoms with Crippen LogP contribution in [0.4, 0.5) is 4.39 Å². The van der Waals surface area contributed by atoms with Crippen molar-refractivity contribution >= 4 is 17.8 Å². The van der Waals surface area contributed by atoms with Gasteiger partial charge in [-0.05, 0) is 36.4 Å². The largest absolute Gasteiger partial charge is 0.490 e. The summed E-state index contributed by atoms with van der Waals surface area (Å²) in [5, 5.41) is 4.65. The fourth-order valence-electron chi connectivity index (χ4n) is 1.79. The Bertz CT molecular complexity index is 730. The SMILES string of the molecule is O=C(CNC(=O)c1ccco1)NCC(=O)OCCOc1ccc(F)cc1. The Morgan fingerprint density at radius 2 is 1.77 bits per heavy atom. The smallest absolute Gasteiger partial charge is 0.325 e. The summed E-state index contributed by atoms with van der Waals surface area (Å²) in [6, 6.07) is 8.41. The van der Waals surface area contributed by atoms with Crippen LogP contribution in [0, 0.1) is 5.82 Å². The number of hydrogen-bond acceptors (Lipinski definition) is 6. The van der Waals surface area contributed by atoms with Gasteiger partial charge in [-0.3, -0.25) is 14.4 Å². The molecule has 8 nitrogen and oxygen atoms in total. The van der Waals surface area contributed by atoms with Gasteiger partial charge in [0, 0.05) is 0 Å². The zero-order chi connectivity index (χ0) is 18.8. The van der Waals surface area contributed by atoms with Crippen LogP contribution >= 0.6 is 0 Å². The summed E-state index contributed by atoms with van der Waals surface area (Å²) in [6.45, 7) is -0.585. The van der Waals surface area contributed by atoms with Crippen molar-refractivity contribution in [3.63, 3.8) is 0 Å². The summed E-state index contributed by atoms with van der Waals surface area (Å²) in [7, 11) is 0. The third-order valence-electron chi connectivity index (χ3n) is 3.01. The van der Waals surface area contributed by atoms with Crippen LogP contribution in [-0.4, -0.2) is 44.1 Å². The van der Waals surface area contributed by atoms with Crippen LogP contribution < -0.4 is 15.4 Å². The molecule has 0 spiro atoms. The number of carbonyl (C=O) groups is 3. The first-order valence-electron chi connectivity index (χ1n) is 7.67. The van der Waals surface area contributed by atoms with E-state index in [9.17, 15) is 18.8 Å². The molecule has 0 bridgehead atoms. The Labute approximate surface area is 148 Å². The highest BCUT2D eigenvalue weighted by Gasteiger charge is 2.11. The molecule has 0 aliphatic carbocycles. The number of nitrogens with one attached hydrogen (secondary N) is 2. The van der Waals surface area contributed by atoms with Crippen LogP contribution in [0.15, 0.2) is 47.1 Å². The molecule has 2 amide bonds. The second-order valence-electron chi connectivity index (χ2n) is 4.96. The predicted octanol–water partition coefficient (Wildman–Crippen LogP) is 0.887. The van der Waals surface area contributed by atoms with E-state index in [1.54, 1.807) is 6.07 Å². The average molecular weight is 364 g/mol. The van der Waals surface area contributed by atoms with E-state index < -0.39 is 17.8 Å². The zero-order valence-electron chi connectivity index (χ0n) is 13.7. The lowest BCUT2D eigenvalue weighted by molar-refractivity contribution is -0.144. The molecular weight excluding hydrogens is 347 g/mol. The lowest BCUT2D eigenvalue weighted by atomic mass is 10.3. The molecule has 0 fully saturated rings. The van der Waals surface area contributed by atoms with Crippen molar-refractivity contribution in [1.29, 1.82) is 0 Å². The van der Waals surface area contributed by atoms with Crippen molar-refractivity contribution in [3.8, 4) is 5.75 Å². The highest BCUT2D eigenvalue weighted by Crippen LogP contribution is 2.10. The quantitative estimate of drug-likeness (QED) is 0.505. The molecular formula is C17H17FN2O6. The summed E-state index contributed by atoms with van der Waals surface area (Å²) in [4.78, 5) is 34.6. The van der Waals surface area contributed by atoms with Crippen molar-refractivity contribution in [3.05, 3.63) is 54.2 Å². The first-order chi connectivity index (χ1) is 12.5. The number of esters is 1. The van der Waals surface area contributed by atoms with E-state index in [1.165, 1.54) is 36.6 Å². The fraction of sp³-hybridized carbons (Fsp3) is 0.235. The summed E-state index contributed by atoms with van der Waals surface area (Å²) in [6.07, 6.45) is 1.34. The Morgan fingerprint density at radius 3 is 2.46 bits per heavy atom. The predicted molar refractivity (Wildman–Crippen MR) is 86.9 cm³/mol. The van der Waals surface area contributed by atoms with Gasteiger partial charge >= 0.3 is 5.97 Å². The lowest BCUT2D eigenvalue weighted by Gasteiger charge is -2.08. The molecule has 2 N–H and O–H groups in total. The van der Waals surface area contributed by atoms with Crippen molar-refractivity contribution in [1.82, 2.24) is 10.6 Å². The average Bonchev–Trinajstić information content (AvgIpc) is 3.18. The normalized spacial score (nSPS) is 10.0. The molecule has 0 radical (unpaired) electrons. The minimum atomic E-state index is -0.654. The van der Waals surface area contributed by atoms with Gasteiger partial charge in [-0.15, -0.1) is 0 Å². The van der Waals surface area contributed by atoms with E-state index in [2.05, 4.69) is 10.6 Å². The molecule has 2 rings (SSSR count).